The van der Waals surface area contributed by atoms with Gasteiger partial charge in [-0.25, -0.2) is 9.37 Å². The molecule has 0 radical (unpaired) electrons. The standard InChI is InChI=1S/C14H9F7N2O2S/c1-7-2-8(15)9(3-10(7)26(25)5-13(16,17)18)23-6-22-11(4-12(23)24)14(19,20)21/h2-4,6H,5H2,1H3. The van der Waals surface area contributed by atoms with E-state index < -0.39 is 56.6 Å². The summed E-state index contributed by atoms with van der Waals surface area (Å²) >= 11 is 0. The average Bonchev–Trinajstić information content (AvgIpc) is 2.45. The Labute approximate surface area is 143 Å². The lowest BCUT2D eigenvalue weighted by Crippen LogP contribution is -2.23. The summed E-state index contributed by atoms with van der Waals surface area (Å²) in [7, 11) is -2.59. The third-order valence-corrected chi connectivity index (χ3v) is 4.66. The third-order valence-electron chi connectivity index (χ3n) is 3.14. The maximum absolute atomic E-state index is 14.1. The van der Waals surface area contributed by atoms with Crippen LogP contribution < -0.4 is 5.56 Å². The fourth-order valence-electron chi connectivity index (χ4n) is 2.03. The Morgan fingerprint density at radius 2 is 1.73 bits per heavy atom. The molecule has 0 saturated heterocycles. The highest BCUT2D eigenvalue weighted by molar-refractivity contribution is 7.85. The van der Waals surface area contributed by atoms with Gasteiger partial charge < -0.3 is 0 Å². The molecule has 142 valence electrons. The maximum Gasteiger partial charge on any atom is 0.433 e. The molecule has 0 amide bonds. The van der Waals surface area contributed by atoms with E-state index >= 15 is 0 Å². The first-order valence-electron chi connectivity index (χ1n) is 6.71. The van der Waals surface area contributed by atoms with Crippen molar-refractivity contribution in [3.05, 3.63) is 52.0 Å². The summed E-state index contributed by atoms with van der Waals surface area (Å²) < 4.78 is 101. The maximum atomic E-state index is 14.1. The summed E-state index contributed by atoms with van der Waals surface area (Å²) in [6, 6.07) is 1.58. The minimum Gasteiger partial charge on any atom is -0.269 e. The van der Waals surface area contributed by atoms with Crippen LogP contribution in [0.4, 0.5) is 30.7 Å². The molecule has 2 rings (SSSR count). The van der Waals surface area contributed by atoms with Gasteiger partial charge in [-0.3, -0.25) is 13.6 Å². The van der Waals surface area contributed by atoms with Crippen LogP contribution >= 0.6 is 0 Å². The zero-order valence-corrected chi connectivity index (χ0v) is 13.6. The predicted octanol–water partition coefficient (Wildman–Crippen LogP) is 3.37. The Bertz CT molecular complexity index is 919. The molecular formula is C14H9F7N2O2S. The molecule has 0 aliphatic carbocycles. The van der Waals surface area contributed by atoms with E-state index in [4.69, 9.17) is 0 Å². The van der Waals surface area contributed by atoms with Gasteiger partial charge in [-0.15, -0.1) is 0 Å². The smallest absolute Gasteiger partial charge is 0.269 e. The van der Waals surface area contributed by atoms with E-state index in [2.05, 4.69) is 4.98 Å². The molecule has 0 saturated carbocycles. The summed E-state index contributed by atoms with van der Waals surface area (Å²) in [5, 5.41) is 0. The normalized spacial score (nSPS) is 13.7. The zero-order chi connectivity index (χ0) is 19.9. The molecule has 0 spiro atoms. The molecule has 0 aliphatic rings. The van der Waals surface area contributed by atoms with Gasteiger partial charge in [0.1, 0.15) is 17.9 Å². The molecule has 0 bridgehead atoms. The second-order valence-corrected chi connectivity index (χ2v) is 6.57. The molecule has 26 heavy (non-hydrogen) atoms. The minimum absolute atomic E-state index is 0.0678. The highest BCUT2D eigenvalue weighted by atomic mass is 32.2. The van der Waals surface area contributed by atoms with Crippen molar-refractivity contribution in [2.45, 2.75) is 24.2 Å². The van der Waals surface area contributed by atoms with E-state index in [-0.39, 0.29) is 11.6 Å². The van der Waals surface area contributed by atoms with E-state index in [0.717, 1.165) is 12.1 Å². The molecule has 0 N–H and O–H groups in total. The number of rotatable bonds is 3. The van der Waals surface area contributed by atoms with E-state index in [9.17, 15) is 39.7 Å². The number of hydrogen-bond acceptors (Lipinski definition) is 3. The Morgan fingerprint density at radius 3 is 2.23 bits per heavy atom. The zero-order valence-electron chi connectivity index (χ0n) is 12.8. The van der Waals surface area contributed by atoms with E-state index in [0.29, 0.717) is 10.9 Å². The second kappa shape index (κ2) is 6.82. The fourth-order valence-corrected chi connectivity index (χ4v) is 3.15. The van der Waals surface area contributed by atoms with Crippen molar-refractivity contribution in [3.8, 4) is 5.69 Å². The first kappa shape index (κ1) is 20.1. The van der Waals surface area contributed by atoms with Crippen molar-refractivity contribution >= 4 is 10.8 Å². The molecule has 1 aromatic heterocycles. The van der Waals surface area contributed by atoms with Crippen molar-refractivity contribution in [2.24, 2.45) is 0 Å². The molecule has 1 atom stereocenters. The van der Waals surface area contributed by atoms with Gasteiger partial charge in [-0.2, -0.15) is 26.3 Å². The number of halogens is 7. The lowest BCUT2D eigenvalue weighted by molar-refractivity contribution is -0.141. The van der Waals surface area contributed by atoms with Gasteiger partial charge in [0.05, 0.1) is 16.5 Å². The Hall–Kier alpha value is -2.24. The second-order valence-electron chi connectivity index (χ2n) is 5.15. The number of benzene rings is 1. The van der Waals surface area contributed by atoms with Crippen molar-refractivity contribution < 1.29 is 34.9 Å². The molecule has 1 aromatic carbocycles. The topological polar surface area (TPSA) is 52.0 Å². The Balaban J connectivity index is 2.56. The molecule has 2 aromatic rings. The van der Waals surface area contributed by atoms with Gasteiger partial charge in [0, 0.05) is 11.0 Å². The lowest BCUT2D eigenvalue weighted by atomic mass is 10.2. The van der Waals surface area contributed by atoms with Crippen LogP contribution in [0.3, 0.4) is 0 Å². The van der Waals surface area contributed by atoms with Crippen LogP contribution in [0.1, 0.15) is 11.3 Å². The van der Waals surface area contributed by atoms with Gasteiger partial charge in [0.25, 0.3) is 5.56 Å². The molecule has 4 nitrogen and oxygen atoms in total. The predicted molar refractivity (Wildman–Crippen MR) is 76.9 cm³/mol. The highest BCUT2D eigenvalue weighted by Crippen LogP contribution is 2.27. The molecule has 1 heterocycles. The van der Waals surface area contributed by atoms with Crippen LogP contribution in [0.25, 0.3) is 5.69 Å². The molecule has 1 unspecified atom stereocenters. The quantitative estimate of drug-likeness (QED) is 0.740. The molecule has 0 aliphatic heterocycles. The summed E-state index contributed by atoms with van der Waals surface area (Å²) in [6.07, 6.45) is -9.25. The highest BCUT2D eigenvalue weighted by Gasteiger charge is 2.34. The Morgan fingerprint density at radius 1 is 1.12 bits per heavy atom. The molecule has 12 heteroatoms. The summed E-state index contributed by atoms with van der Waals surface area (Å²) in [4.78, 5) is 14.4. The SMILES string of the molecule is Cc1cc(F)c(-n2cnc(C(F)(F)F)cc2=O)cc1S(=O)CC(F)(F)F. The van der Waals surface area contributed by atoms with Crippen molar-refractivity contribution in [2.75, 3.05) is 5.75 Å². The van der Waals surface area contributed by atoms with Crippen LogP contribution in [-0.2, 0) is 17.0 Å². The van der Waals surface area contributed by atoms with Crippen molar-refractivity contribution in [1.82, 2.24) is 9.55 Å². The van der Waals surface area contributed by atoms with Gasteiger partial charge >= 0.3 is 12.4 Å². The number of nitrogens with zero attached hydrogens (tertiary/aromatic N) is 2. The van der Waals surface area contributed by atoms with Gasteiger partial charge in [-0.1, -0.05) is 0 Å². The number of aromatic nitrogens is 2. The van der Waals surface area contributed by atoms with Gasteiger partial charge in [0.15, 0.2) is 5.69 Å². The van der Waals surface area contributed by atoms with Gasteiger partial charge in [0.2, 0.25) is 0 Å². The van der Waals surface area contributed by atoms with E-state index in [1.807, 2.05) is 0 Å². The van der Waals surface area contributed by atoms with Crippen molar-refractivity contribution in [1.29, 1.82) is 0 Å². The summed E-state index contributed by atoms with van der Waals surface area (Å²) in [6.45, 7) is 1.21. The van der Waals surface area contributed by atoms with Crippen molar-refractivity contribution in [3.63, 3.8) is 0 Å². The Kier molecular flexibility index (Phi) is 5.26. The summed E-state index contributed by atoms with van der Waals surface area (Å²) in [5.74, 6) is -2.79. The van der Waals surface area contributed by atoms with E-state index in [1.165, 1.54) is 6.92 Å². The van der Waals surface area contributed by atoms with Crippen LogP contribution in [0.5, 0.6) is 0 Å². The summed E-state index contributed by atoms with van der Waals surface area (Å²) in [5.41, 5.74) is -3.54. The van der Waals surface area contributed by atoms with Gasteiger partial charge in [-0.05, 0) is 24.6 Å². The minimum atomic E-state index is -4.90. The number of aryl methyl sites for hydroxylation is 1. The van der Waals surface area contributed by atoms with Crippen LogP contribution in [0.2, 0.25) is 0 Å². The largest absolute Gasteiger partial charge is 0.433 e. The monoisotopic (exact) mass is 402 g/mol. The molecule has 0 fully saturated rings. The number of hydrogen-bond donors (Lipinski definition) is 0. The van der Waals surface area contributed by atoms with Crippen LogP contribution in [0.15, 0.2) is 34.2 Å². The first-order valence-corrected chi connectivity index (χ1v) is 8.03. The number of alkyl halides is 6. The third kappa shape index (κ3) is 4.48. The van der Waals surface area contributed by atoms with E-state index in [1.54, 1.807) is 0 Å². The molecular weight excluding hydrogens is 393 g/mol. The van der Waals surface area contributed by atoms with Crippen LogP contribution in [-0.4, -0.2) is 25.7 Å². The average molecular weight is 402 g/mol. The fraction of sp³-hybridized carbons (Fsp3) is 0.286. The van der Waals surface area contributed by atoms with Crippen LogP contribution in [0, 0.1) is 12.7 Å². The lowest BCUT2D eigenvalue weighted by Gasteiger charge is -2.13. The first-order chi connectivity index (χ1) is 11.8.